The first-order valence-electron chi connectivity index (χ1n) is 4.20. The third-order valence-electron chi connectivity index (χ3n) is 1.71. The second kappa shape index (κ2) is 8.03. The second-order valence-corrected chi connectivity index (χ2v) is 2.70. The highest BCUT2D eigenvalue weighted by Gasteiger charge is 2.12. The monoisotopic (exact) mass is 189 g/mol. The van der Waals surface area contributed by atoms with Crippen molar-refractivity contribution in [3.63, 3.8) is 0 Å². The SMILES string of the molecule is COC(=O)CCC(BOCN)CO. The average molecular weight is 189 g/mol. The molecule has 0 aromatic carbocycles. The van der Waals surface area contributed by atoms with Crippen LogP contribution in [-0.4, -0.2) is 39.0 Å². The lowest BCUT2D eigenvalue weighted by Crippen LogP contribution is -2.17. The zero-order chi connectivity index (χ0) is 10.1. The molecule has 13 heavy (non-hydrogen) atoms. The van der Waals surface area contributed by atoms with Gasteiger partial charge in [0.1, 0.15) is 0 Å². The number of esters is 1. The first-order valence-corrected chi connectivity index (χ1v) is 4.20. The van der Waals surface area contributed by atoms with Gasteiger partial charge in [-0.3, -0.25) is 4.79 Å². The molecule has 0 rings (SSSR count). The molecule has 0 saturated heterocycles. The van der Waals surface area contributed by atoms with Crippen molar-refractivity contribution in [3.05, 3.63) is 0 Å². The Morgan fingerprint density at radius 1 is 1.69 bits per heavy atom. The topological polar surface area (TPSA) is 81.8 Å². The Bertz CT molecular complexity index is 144. The van der Waals surface area contributed by atoms with Crippen LogP contribution in [0, 0.1) is 0 Å². The lowest BCUT2D eigenvalue weighted by Gasteiger charge is -2.10. The van der Waals surface area contributed by atoms with Crippen molar-refractivity contribution in [3.8, 4) is 0 Å². The fraction of sp³-hybridized carbons (Fsp3) is 0.857. The lowest BCUT2D eigenvalue weighted by molar-refractivity contribution is -0.140. The van der Waals surface area contributed by atoms with Crippen LogP contribution in [0.15, 0.2) is 0 Å². The van der Waals surface area contributed by atoms with Crippen LogP contribution in [0.1, 0.15) is 12.8 Å². The van der Waals surface area contributed by atoms with Gasteiger partial charge >= 0.3 is 5.97 Å². The Hall–Kier alpha value is -0.585. The summed E-state index contributed by atoms with van der Waals surface area (Å²) in [5, 5.41) is 8.87. The molecular weight excluding hydrogens is 173 g/mol. The van der Waals surface area contributed by atoms with Gasteiger partial charge in [-0.05, 0) is 12.2 Å². The van der Waals surface area contributed by atoms with E-state index in [0.29, 0.717) is 20.3 Å². The molecule has 0 saturated carbocycles. The molecule has 0 bridgehead atoms. The lowest BCUT2D eigenvalue weighted by atomic mass is 9.77. The summed E-state index contributed by atoms with van der Waals surface area (Å²) in [7, 11) is 1.72. The molecule has 0 heterocycles. The van der Waals surface area contributed by atoms with E-state index in [0.717, 1.165) is 0 Å². The summed E-state index contributed by atoms with van der Waals surface area (Å²) in [5.74, 6) is -0.311. The Morgan fingerprint density at radius 2 is 2.38 bits per heavy atom. The van der Waals surface area contributed by atoms with Crippen LogP contribution in [0.3, 0.4) is 0 Å². The molecule has 0 aromatic heterocycles. The molecule has 0 radical (unpaired) electrons. The second-order valence-electron chi connectivity index (χ2n) is 2.70. The van der Waals surface area contributed by atoms with Gasteiger partial charge in [0, 0.05) is 13.0 Å². The van der Waals surface area contributed by atoms with E-state index in [-0.39, 0.29) is 25.1 Å². The Labute approximate surface area is 78.5 Å². The number of carbonyl (C=O) groups is 1. The molecule has 1 unspecified atom stereocenters. The van der Waals surface area contributed by atoms with Crippen molar-refractivity contribution in [1.29, 1.82) is 0 Å². The third-order valence-corrected chi connectivity index (χ3v) is 1.71. The summed E-state index contributed by atoms with van der Waals surface area (Å²) in [6.07, 6.45) is 0.860. The van der Waals surface area contributed by atoms with Crippen LogP contribution in [0.4, 0.5) is 0 Å². The first-order chi connectivity index (χ1) is 6.24. The summed E-state index contributed by atoms with van der Waals surface area (Å²) < 4.78 is 9.38. The van der Waals surface area contributed by atoms with Crippen LogP contribution in [0.5, 0.6) is 0 Å². The zero-order valence-electron chi connectivity index (χ0n) is 7.86. The number of carbonyl (C=O) groups excluding carboxylic acids is 1. The van der Waals surface area contributed by atoms with E-state index in [1.807, 2.05) is 0 Å². The number of nitrogens with two attached hydrogens (primary N) is 1. The zero-order valence-corrected chi connectivity index (χ0v) is 7.86. The molecule has 6 heteroatoms. The summed E-state index contributed by atoms with van der Waals surface area (Å²) in [4.78, 5) is 10.7. The van der Waals surface area contributed by atoms with Crippen molar-refractivity contribution >= 4 is 13.5 Å². The fourth-order valence-corrected chi connectivity index (χ4v) is 0.886. The summed E-state index contributed by atoms with van der Waals surface area (Å²) in [5.41, 5.74) is 5.12. The van der Waals surface area contributed by atoms with Gasteiger partial charge in [-0.25, -0.2) is 0 Å². The number of rotatable bonds is 7. The van der Waals surface area contributed by atoms with E-state index in [1.165, 1.54) is 7.11 Å². The van der Waals surface area contributed by atoms with E-state index in [1.54, 1.807) is 0 Å². The predicted molar refractivity (Wildman–Crippen MR) is 49.4 cm³/mol. The van der Waals surface area contributed by atoms with Crippen LogP contribution in [0.25, 0.3) is 0 Å². The molecule has 1 atom stereocenters. The van der Waals surface area contributed by atoms with Gasteiger partial charge in [0.25, 0.3) is 7.48 Å². The van der Waals surface area contributed by atoms with Gasteiger partial charge < -0.3 is 20.2 Å². The molecule has 0 aromatic rings. The Kier molecular flexibility index (Phi) is 7.67. The van der Waals surface area contributed by atoms with Gasteiger partial charge in [-0.2, -0.15) is 0 Å². The molecule has 3 N–H and O–H groups in total. The summed E-state index contributed by atoms with van der Waals surface area (Å²) in [6.45, 7) is 0.131. The highest BCUT2D eigenvalue weighted by Crippen LogP contribution is 2.11. The molecule has 0 aliphatic heterocycles. The fourth-order valence-electron chi connectivity index (χ4n) is 0.886. The minimum atomic E-state index is -0.272. The minimum Gasteiger partial charge on any atom is -0.469 e. The smallest absolute Gasteiger partial charge is 0.305 e. The van der Waals surface area contributed by atoms with Crippen LogP contribution in [-0.2, 0) is 14.2 Å². The van der Waals surface area contributed by atoms with Crippen LogP contribution >= 0.6 is 0 Å². The molecular formula is C7H16BNO4. The van der Waals surface area contributed by atoms with Crippen LogP contribution in [0.2, 0.25) is 5.82 Å². The van der Waals surface area contributed by atoms with Gasteiger partial charge in [0.05, 0.1) is 13.8 Å². The van der Waals surface area contributed by atoms with Crippen molar-refractivity contribution < 1.29 is 19.3 Å². The first kappa shape index (κ1) is 12.4. The van der Waals surface area contributed by atoms with Gasteiger partial charge in [-0.1, -0.05) is 0 Å². The van der Waals surface area contributed by atoms with Crippen molar-refractivity contribution in [2.45, 2.75) is 18.7 Å². The Balaban J connectivity index is 3.52. The summed E-state index contributed by atoms with van der Waals surface area (Å²) >= 11 is 0. The van der Waals surface area contributed by atoms with Crippen molar-refractivity contribution in [2.75, 3.05) is 20.4 Å². The highest BCUT2D eigenvalue weighted by atomic mass is 16.5. The molecule has 0 aliphatic carbocycles. The number of methoxy groups -OCH3 is 1. The van der Waals surface area contributed by atoms with E-state index in [9.17, 15) is 4.79 Å². The standard InChI is InChI=1S/C7H16BNO4/c1-12-7(11)3-2-6(4-10)8-13-5-9/h6,8,10H,2-5,9H2,1H3. The Morgan fingerprint density at radius 3 is 2.85 bits per heavy atom. The quantitative estimate of drug-likeness (QED) is 0.305. The molecule has 0 fully saturated rings. The molecule has 0 aliphatic rings. The number of hydrogen-bond donors (Lipinski definition) is 2. The predicted octanol–water partition coefficient (Wildman–Crippen LogP) is -0.995. The molecule has 0 amide bonds. The van der Waals surface area contributed by atoms with Gasteiger partial charge in [0.15, 0.2) is 0 Å². The number of hydrogen-bond acceptors (Lipinski definition) is 5. The molecule has 76 valence electrons. The van der Waals surface area contributed by atoms with E-state index in [4.69, 9.17) is 15.5 Å². The van der Waals surface area contributed by atoms with Crippen molar-refractivity contribution in [1.82, 2.24) is 0 Å². The van der Waals surface area contributed by atoms with E-state index in [2.05, 4.69) is 4.74 Å². The highest BCUT2D eigenvalue weighted by molar-refractivity contribution is 6.29. The maximum atomic E-state index is 10.7. The maximum Gasteiger partial charge on any atom is 0.305 e. The normalized spacial score (nSPS) is 12.2. The maximum absolute atomic E-state index is 10.7. The largest absolute Gasteiger partial charge is 0.469 e. The molecule has 0 spiro atoms. The number of aliphatic hydroxyl groups is 1. The number of aliphatic hydroxyl groups excluding tert-OH is 1. The average Bonchev–Trinajstić information content (AvgIpc) is 2.17. The van der Waals surface area contributed by atoms with Gasteiger partial charge in [-0.15, -0.1) is 0 Å². The molecule has 5 nitrogen and oxygen atoms in total. The summed E-state index contributed by atoms with van der Waals surface area (Å²) in [6, 6.07) is 0. The third kappa shape index (κ3) is 6.56. The van der Waals surface area contributed by atoms with E-state index >= 15 is 0 Å². The number of ether oxygens (including phenoxy) is 1. The van der Waals surface area contributed by atoms with Crippen LogP contribution < -0.4 is 5.73 Å². The van der Waals surface area contributed by atoms with Crippen molar-refractivity contribution in [2.24, 2.45) is 5.73 Å². The van der Waals surface area contributed by atoms with Gasteiger partial charge in [0.2, 0.25) is 0 Å². The minimum absolute atomic E-state index is 0.00298. The van der Waals surface area contributed by atoms with E-state index < -0.39 is 0 Å².